The first-order chi connectivity index (χ1) is 9.96. The molecule has 0 aromatic heterocycles. The summed E-state index contributed by atoms with van der Waals surface area (Å²) in [5.41, 5.74) is 3.23. The third-order valence-electron chi connectivity index (χ3n) is 6.11. The van der Waals surface area contributed by atoms with Gasteiger partial charge in [-0.2, -0.15) is 25.3 Å². The van der Waals surface area contributed by atoms with Gasteiger partial charge in [-0.1, -0.05) is 19.9 Å². The van der Waals surface area contributed by atoms with Crippen LogP contribution in [0.5, 0.6) is 5.75 Å². The van der Waals surface area contributed by atoms with Crippen LogP contribution in [-0.2, 0) is 6.42 Å². The number of fused-ring (bicyclic) bond motifs is 3. The van der Waals surface area contributed by atoms with E-state index in [1.54, 1.807) is 0 Å². The molecule has 1 fully saturated rings. The van der Waals surface area contributed by atoms with Gasteiger partial charge in [-0.3, -0.25) is 0 Å². The van der Waals surface area contributed by atoms with Crippen molar-refractivity contribution in [1.82, 2.24) is 0 Å². The van der Waals surface area contributed by atoms with E-state index in [0.717, 1.165) is 12.2 Å². The quantitative estimate of drug-likeness (QED) is 0.674. The van der Waals surface area contributed by atoms with Crippen molar-refractivity contribution < 1.29 is 5.11 Å². The lowest BCUT2D eigenvalue weighted by atomic mass is 9.52. The maximum absolute atomic E-state index is 9.77. The van der Waals surface area contributed by atoms with Gasteiger partial charge in [-0.05, 0) is 72.1 Å². The van der Waals surface area contributed by atoms with Crippen LogP contribution in [0.15, 0.2) is 18.2 Å². The van der Waals surface area contributed by atoms with E-state index in [1.807, 2.05) is 12.1 Å². The fourth-order valence-corrected chi connectivity index (χ4v) is 5.64. The monoisotopic (exact) mass is 322 g/mol. The molecular formula is C18H26OS2. The van der Waals surface area contributed by atoms with E-state index >= 15 is 0 Å². The predicted molar refractivity (Wildman–Crippen MR) is 95.8 cm³/mol. The number of phenols is 1. The number of hydrogen-bond acceptors (Lipinski definition) is 3. The van der Waals surface area contributed by atoms with E-state index in [-0.39, 0.29) is 0 Å². The molecule has 21 heavy (non-hydrogen) atoms. The number of aryl methyl sites for hydroxylation is 1. The zero-order valence-corrected chi connectivity index (χ0v) is 14.7. The van der Waals surface area contributed by atoms with Crippen molar-refractivity contribution in [2.45, 2.75) is 50.7 Å². The average Bonchev–Trinajstić information content (AvgIpc) is 2.46. The lowest BCUT2D eigenvalue weighted by Gasteiger charge is -2.53. The van der Waals surface area contributed by atoms with Crippen molar-refractivity contribution >= 4 is 25.3 Å². The van der Waals surface area contributed by atoms with Crippen LogP contribution >= 0.6 is 25.3 Å². The second-order valence-corrected chi connectivity index (χ2v) is 8.35. The van der Waals surface area contributed by atoms with Gasteiger partial charge >= 0.3 is 0 Å². The normalized spacial score (nSPS) is 36.7. The molecule has 0 spiro atoms. The van der Waals surface area contributed by atoms with E-state index in [4.69, 9.17) is 12.6 Å². The number of benzene rings is 1. The Hall–Kier alpha value is -0.280. The van der Waals surface area contributed by atoms with E-state index in [0.29, 0.717) is 34.2 Å². The topological polar surface area (TPSA) is 20.2 Å². The van der Waals surface area contributed by atoms with Crippen molar-refractivity contribution in [3.05, 3.63) is 29.3 Å². The van der Waals surface area contributed by atoms with Crippen LogP contribution in [0.1, 0.15) is 50.2 Å². The van der Waals surface area contributed by atoms with Crippen LogP contribution in [0.25, 0.3) is 0 Å². The Bertz CT molecular complexity index is 530. The molecule has 1 saturated carbocycles. The van der Waals surface area contributed by atoms with Gasteiger partial charge in [0.05, 0.1) is 0 Å². The molecule has 1 aromatic carbocycles. The van der Waals surface area contributed by atoms with Gasteiger partial charge in [0.25, 0.3) is 0 Å². The second-order valence-electron chi connectivity index (χ2n) is 7.33. The Morgan fingerprint density at radius 1 is 1.38 bits per heavy atom. The summed E-state index contributed by atoms with van der Waals surface area (Å²) in [6.07, 6.45) is 4.91. The Balaban J connectivity index is 2.00. The number of thiol groups is 2. The number of aromatic hydroxyl groups is 1. The molecule has 5 unspecified atom stereocenters. The Labute approximate surface area is 139 Å². The van der Waals surface area contributed by atoms with Crippen molar-refractivity contribution in [2.75, 3.05) is 5.75 Å². The van der Waals surface area contributed by atoms with Gasteiger partial charge in [0, 0.05) is 11.0 Å². The molecule has 5 atom stereocenters. The fourth-order valence-electron chi connectivity index (χ4n) is 4.95. The Kier molecular flexibility index (Phi) is 4.26. The smallest absolute Gasteiger partial charge is 0.115 e. The minimum Gasteiger partial charge on any atom is -0.508 e. The van der Waals surface area contributed by atoms with Crippen molar-refractivity contribution in [3.63, 3.8) is 0 Å². The van der Waals surface area contributed by atoms with Gasteiger partial charge in [0.1, 0.15) is 5.75 Å². The molecule has 116 valence electrons. The summed E-state index contributed by atoms with van der Waals surface area (Å²) in [7, 11) is 0. The van der Waals surface area contributed by atoms with Gasteiger partial charge < -0.3 is 5.11 Å². The summed E-state index contributed by atoms with van der Waals surface area (Å²) in [6, 6.07) is 6.00. The number of phenolic OH excluding ortho intramolecular Hbond substituents is 1. The van der Waals surface area contributed by atoms with E-state index in [9.17, 15) is 5.11 Å². The minimum absolute atomic E-state index is 0.385. The van der Waals surface area contributed by atoms with E-state index in [2.05, 4.69) is 32.5 Å². The highest BCUT2D eigenvalue weighted by molar-refractivity contribution is 7.84. The van der Waals surface area contributed by atoms with Crippen LogP contribution in [0.4, 0.5) is 0 Å². The summed E-state index contributed by atoms with van der Waals surface area (Å²) >= 11 is 9.25. The molecule has 0 saturated heterocycles. The molecule has 3 rings (SSSR count). The van der Waals surface area contributed by atoms with Crippen LogP contribution in [-0.4, -0.2) is 16.1 Å². The largest absolute Gasteiger partial charge is 0.508 e. The average molecular weight is 323 g/mol. The van der Waals surface area contributed by atoms with E-state index in [1.165, 1.54) is 30.4 Å². The minimum atomic E-state index is 0.385. The second kappa shape index (κ2) is 5.73. The Morgan fingerprint density at radius 2 is 2.14 bits per heavy atom. The standard InChI is InChI=1S/C18H26OS2/c1-11-14(16(21)10-20)6-8-18(2)7-5-12-9-13(19)3-4-15(12)17(11)18/h3-4,9,11,14,16-17,19-21H,5-8,10H2,1-2H3. The first-order valence-electron chi connectivity index (χ1n) is 8.07. The molecule has 0 amide bonds. The highest BCUT2D eigenvalue weighted by Gasteiger charge is 2.48. The molecule has 1 nitrogen and oxygen atoms in total. The first kappa shape index (κ1) is 15.6. The van der Waals surface area contributed by atoms with Crippen molar-refractivity contribution in [3.8, 4) is 5.75 Å². The maximum atomic E-state index is 9.77. The molecule has 0 heterocycles. The summed E-state index contributed by atoms with van der Waals surface area (Å²) in [4.78, 5) is 0. The maximum Gasteiger partial charge on any atom is 0.115 e. The zero-order valence-electron chi connectivity index (χ0n) is 12.9. The molecule has 1 aromatic rings. The van der Waals surface area contributed by atoms with Crippen molar-refractivity contribution in [2.24, 2.45) is 17.3 Å². The molecular weight excluding hydrogens is 296 g/mol. The molecule has 2 aliphatic rings. The van der Waals surface area contributed by atoms with Gasteiger partial charge in [-0.15, -0.1) is 0 Å². The third-order valence-corrected chi connectivity index (χ3v) is 7.36. The summed E-state index contributed by atoms with van der Waals surface area (Å²) < 4.78 is 0. The molecule has 1 N–H and O–H groups in total. The van der Waals surface area contributed by atoms with E-state index < -0.39 is 0 Å². The van der Waals surface area contributed by atoms with Crippen LogP contribution < -0.4 is 0 Å². The SMILES string of the molecule is CC1C(C(S)CS)CCC2(C)CCc3cc(O)ccc3C12. The highest BCUT2D eigenvalue weighted by Crippen LogP contribution is 2.58. The summed E-state index contributed by atoms with van der Waals surface area (Å²) in [5.74, 6) is 3.12. The summed E-state index contributed by atoms with van der Waals surface area (Å²) in [6.45, 7) is 4.87. The summed E-state index contributed by atoms with van der Waals surface area (Å²) in [5, 5.41) is 10.2. The van der Waals surface area contributed by atoms with Gasteiger partial charge in [-0.25, -0.2) is 0 Å². The third kappa shape index (κ3) is 2.61. The highest BCUT2D eigenvalue weighted by atomic mass is 32.1. The van der Waals surface area contributed by atoms with Crippen LogP contribution in [0.3, 0.4) is 0 Å². The van der Waals surface area contributed by atoms with Gasteiger partial charge in [0.15, 0.2) is 0 Å². The molecule has 0 radical (unpaired) electrons. The van der Waals surface area contributed by atoms with Crippen molar-refractivity contribution in [1.29, 1.82) is 0 Å². The van der Waals surface area contributed by atoms with Crippen LogP contribution in [0.2, 0.25) is 0 Å². The number of rotatable bonds is 2. The van der Waals surface area contributed by atoms with Gasteiger partial charge in [0.2, 0.25) is 0 Å². The number of hydrogen-bond donors (Lipinski definition) is 3. The Morgan fingerprint density at radius 3 is 2.86 bits per heavy atom. The first-order valence-corrected chi connectivity index (χ1v) is 9.22. The lowest BCUT2D eigenvalue weighted by molar-refractivity contribution is 0.0604. The van der Waals surface area contributed by atoms with Crippen LogP contribution in [0, 0.1) is 17.3 Å². The molecule has 2 aliphatic carbocycles. The predicted octanol–water partition coefficient (Wildman–Crippen LogP) is 4.70. The zero-order chi connectivity index (χ0) is 15.2. The molecule has 3 heteroatoms. The molecule has 0 aliphatic heterocycles. The molecule has 0 bridgehead atoms. The lowest BCUT2D eigenvalue weighted by Crippen LogP contribution is -2.44. The fraction of sp³-hybridized carbons (Fsp3) is 0.667.